The maximum absolute atomic E-state index is 5.66. The predicted octanol–water partition coefficient (Wildman–Crippen LogP) is 2.38. The number of nitrogens with zero attached hydrogens (tertiary/aromatic N) is 1. The molecule has 1 aromatic carbocycles. The number of nitrogens with two attached hydrogens (primary N) is 1. The number of rotatable bonds is 4. The van der Waals surface area contributed by atoms with Gasteiger partial charge in [0.15, 0.2) is 0 Å². The van der Waals surface area contributed by atoms with Gasteiger partial charge in [0.1, 0.15) is 11.5 Å². The molecule has 82 valence electrons. The molecule has 0 saturated carbocycles. The van der Waals surface area contributed by atoms with Crippen LogP contribution >= 0.6 is 0 Å². The van der Waals surface area contributed by atoms with Crippen molar-refractivity contribution in [2.75, 3.05) is 6.54 Å². The third kappa shape index (κ3) is 2.81. The van der Waals surface area contributed by atoms with E-state index in [1.54, 1.807) is 6.20 Å². The summed E-state index contributed by atoms with van der Waals surface area (Å²) in [4.78, 5) is 4.12. The Bertz CT molecular complexity index is 443. The number of para-hydroxylation sites is 1. The van der Waals surface area contributed by atoms with E-state index in [0.717, 1.165) is 23.5 Å². The van der Waals surface area contributed by atoms with E-state index in [1.165, 1.54) is 0 Å². The quantitative estimate of drug-likeness (QED) is 0.850. The Hall–Kier alpha value is -1.87. The van der Waals surface area contributed by atoms with Crippen molar-refractivity contribution in [3.05, 3.63) is 54.4 Å². The van der Waals surface area contributed by atoms with Gasteiger partial charge in [-0.25, -0.2) is 0 Å². The SMILES string of the molecule is NCCc1cncc(Oc2ccccc2)c1. The molecule has 3 heteroatoms. The fraction of sp³-hybridized carbons (Fsp3) is 0.154. The molecular formula is C13H14N2O. The molecule has 0 spiro atoms. The highest BCUT2D eigenvalue weighted by molar-refractivity contribution is 5.31. The Labute approximate surface area is 94.9 Å². The molecule has 1 aromatic heterocycles. The van der Waals surface area contributed by atoms with E-state index >= 15 is 0 Å². The van der Waals surface area contributed by atoms with Gasteiger partial charge in [-0.05, 0) is 36.7 Å². The zero-order chi connectivity index (χ0) is 11.2. The Kier molecular flexibility index (Phi) is 3.51. The normalized spacial score (nSPS) is 10.1. The highest BCUT2D eigenvalue weighted by Gasteiger charge is 1.98. The van der Waals surface area contributed by atoms with Crippen LogP contribution in [0.25, 0.3) is 0 Å². The van der Waals surface area contributed by atoms with Crippen LogP contribution in [-0.2, 0) is 6.42 Å². The molecule has 0 aliphatic rings. The average molecular weight is 214 g/mol. The van der Waals surface area contributed by atoms with E-state index in [2.05, 4.69) is 4.98 Å². The summed E-state index contributed by atoms with van der Waals surface area (Å²) in [6.07, 6.45) is 4.33. The molecule has 2 N–H and O–H groups in total. The smallest absolute Gasteiger partial charge is 0.145 e. The highest BCUT2D eigenvalue weighted by atomic mass is 16.5. The Morgan fingerprint density at radius 3 is 2.62 bits per heavy atom. The lowest BCUT2D eigenvalue weighted by Crippen LogP contribution is -2.02. The summed E-state index contributed by atoms with van der Waals surface area (Å²) in [6.45, 7) is 0.621. The molecule has 0 fully saturated rings. The second kappa shape index (κ2) is 5.28. The summed E-state index contributed by atoms with van der Waals surface area (Å²) < 4.78 is 5.66. The van der Waals surface area contributed by atoms with Gasteiger partial charge in [0.05, 0.1) is 6.20 Å². The van der Waals surface area contributed by atoms with Gasteiger partial charge in [-0.1, -0.05) is 18.2 Å². The molecule has 0 atom stereocenters. The molecule has 0 bridgehead atoms. The Morgan fingerprint density at radius 1 is 1.06 bits per heavy atom. The van der Waals surface area contributed by atoms with E-state index < -0.39 is 0 Å². The molecule has 2 aromatic rings. The van der Waals surface area contributed by atoms with E-state index in [-0.39, 0.29) is 0 Å². The van der Waals surface area contributed by atoms with Crippen molar-refractivity contribution in [2.24, 2.45) is 5.73 Å². The minimum Gasteiger partial charge on any atom is -0.456 e. The van der Waals surface area contributed by atoms with Crippen molar-refractivity contribution in [3.8, 4) is 11.5 Å². The predicted molar refractivity (Wildman–Crippen MR) is 63.5 cm³/mol. The summed E-state index contributed by atoms with van der Waals surface area (Å²) >= 11 is 0. The van der Waals surface area contributed by atoms with Gasteiger partial charge in [-0.3, -0.25) is 4.98 Å². The molecule has 0 aliphatic carbocycles. The van der Waals surface area contributed by atoms with Crippen molar-refractivity contribution in [1.29, 1.82) is 0 Å². The largest absolute Gasteiger partial charge is 0.456 e. The first-order valence-electron chi connectivity index (χ1n) is 5.25. The van der Waals surface area contributed by atoms with Crippen molar-refractivity contribution >= 4 is 0 Å². The van der Waals surface area contributed by atoms with Gasteiger partial charge in [-0.15, -0.1) is 0 Å². The standard InChI is InChI=1S/C13H14N2O/c14-7-6-11-8-13(10-15-9-11)16-12-4-2-1-3-5-12/h1-5,8-10H,6-7,14H2. The molecule has 0 unspecified atom stereocenters. The van der Waals surface area contributed by atoms with Crippen LogP contribution in [0.1, 0.15) is 5.56 Å². The topological polar surface area (TPSA) is 48.1 Å². The summed E-state index contributed by atoms with van der Waals surface area (Å²) in [5.41, 5.74) is 6.59. The van der Waals surface area contributed by atoms with Gasteiger partial charge >= 0.3 is 0 Å². The van der Waals surface area contributed by atoms with Gasteiger partial charge in [0.25, 0.3) is 0 Å². The molecule has 0 aliphatic heterocycles. The number of hydrogen-bond donors (Lipinski definition) is 1. The lowest BCUT2D eigenvalue weighted by molar-refractivity contribution is 0.479. The molecule has 1 heterocycles. The lowest BCUT2D eigenvalue weighted by atomic mass is 10.2. The molecule has 2 rings (SSSR count). The number of aromatic nitrogens is 1. The zero-order valence-corrected chi connectivity index (χ0v) is 8.97. The molecule has 0 saturated heterocycles. The van der Waals surface area contributed by atoms with Crippen LogP contribution in [0.2, 0.25) is 0 Å². The Morgan fingerprint density at radius 2 is 1.88 bits per heavy atom. The van der Waals surface area contributed by atoms with Crippen LogP contribution in [0.3, 0.4) is 0 Å². The van der Waals surface area contributed by atoms with Crippen LogP contribution in [0.5, 0.6) is 11.5 Å². The maximum atomic E-state index is 5.66. The number of pyridine rings is 1. The van der Waals surface area contributed by atoms with Crippen LogP contribution < -0.4 is 10.5 Å². The maximum Gasteiger partial charge on any atom is 0.145 e. The second-order valence-electron chi connectivity index (χ2n) is 3.48. The van der Waals surface area contributed by atoms with Crippen molar-refractivity contribution in [3.63, 3.8) is 0 Å². The summed E-state index contributed by atoms with van der Waals surface area (Å²) in [5.74, 6) is 1.56. The molecule has 0 radical (unpaired) electrons. The van der Waals surface area contributed by atoms with Gasteiger partial charge in [0.2, 0.25) is 0 Å². The van der Waals surface area contributed by atoms with Crippen molar-refractivity contribution in [2.45, 2.75) is 6.42 Å². The third-order valence-corrected chi connectivity index (χ3v) is 2.18. The summed E-state index contributed by atoms with van der Waals surface area (Å²) in [6, 6.07) is 11.6. The summed E-state index contributed by atoms with van der Waals surface area (Å²) in [5, 5.41) is 0. The van der Waals surface area contributed by atoms with E-state index in [1.807, 2.05) is 42.6 Å². The van der Waals surface area contributed by atoms with Crippen LogP contribution in [0.4, 0.5) is 0 Å². The van der Waals surface area contributed by atoms with E-state index in [4.69, 9.17) is 10.5 Å². The van der Waals surface area contributed by atoms with Crippen LogP contribution in [0, 0.1) is 0 Å². The second-order valence-corrected chi connectivity index (χ2v) is 3.48. The van der Waals surface area contributed by atoms with Gasteiger partial charge in [-0.2, -0.15) is 0 Å². The fourth-order valence-corrected chi connectivity index (χ4v) is 1.45. The minimum absolute atomic E-state index is 0.621. The van der Waals surface area contributed by atoms with Crippen molar-refractivity contribution < 1.29 is 4.74 Å². The first kappa shape index (κ1) is 10.6. The number of hydrogen-bond acceptors (Lipinski definition) is 3. The third-order valence-electron chi connectivity index (χ3n) is 2.18. The molecule has 16 heavy (non-hydrogen) atoms. The van der Waals surface area contributed by atoms with Crippen LogP contribution in [0.15, 0.2) is 48.8 Å². The molecule has 0 amide bonds. The van der Waals surface area contributed by atoms with E-state index in [0.29, 0.717) is 6.54 Å². The Balaban J connectivity index is 2.12. The molecular weight excluding hydrogens is 200 g/mol. The fourth-order valence-electron chi connectivity index (χ4n) is 1.45. The number of ether oxygens (including phenoxy) is 1. The van der Waals surface area contributed by atoms with Crippen molar-refractivity contribution in [1.82, 2.24) is 4.98 Å². The monoisotopic (exact) mass is 214 g/mol. The first-order valence-corrected chi connectivity index (χ1v) is 5.25. The lowest BCUT2D eigenvalue weighted by Gasteiger charge is -2.06. The highest BCUT2D eigenvalue weighted by Crippen LogP contribution is 2.20. The average Bonchev–Trinajstić information content (AvgIpc) is 2.31. The molecule has 3 nitrogen and oxygen atoms in total. The summed E-state index contributed by atoms with van der Waals surface area (Å²) in [7, 11) is 0. The first-order chi connectivity index (χ1) is 7.88. The zero-order valence-electron chi connectivity index (χ0n) is 8.97. The van der Waals surface area contributed by atoms with Gasteiger partial charge in [0, 0.05) is 6.20 Å². The van der Waals surface area contributed by atoms with E-state index in [9.17, 15) is 0 Å². The number of benzene rings is 1. The van der Waals surface area contributed by atoms with Gasteiger partial charge < -0.3 is 10.5 Å². The minimum atomic E-state index is 0.621. The van der Waals surface area contributed by atoms with Crippen LogP contribution in [-0.4, -0.2) is 11.5 Å².